The molecule has 2 aliphatic heterocycles. The summed E-state index contributed by atoms with van der Waals surface area (Å²) in [5.74, 6) is 0.781. The first kappa shape index (κ1) is 15.7. The van der Waals surface area contributed by atoms with Crippen LogP contribution < -0.4 is 5.73 Å². The molecule has 0 spiro atoms. The van der Waals surface area contributed by atoms with Crippen LogP contribution in [-0.4, -0.2) is 61.5 Å². The number of ether oxygens (including phenoxy) is 1. The quantitative estimate of drug-likeness (QED) is 0.800. The van der Waals surface area contributed by atoms with Crippen LogP contribution in [0.1, 0.15) is 33.1 Å². The summed E-state index contributed by atoms with van der Waals surface area (Å²) in [5.41, 5.74) is 6.19. The molecule has 5 atom stereocenters. The molecular weight excluding hydrogens is 290 g/mol. The Labute approximate surface area is 127 Å². The van der Waals surface area contributed by atoms with Crippen LogP contribution in [0.2, 0.25) is 0 Å². The number of hydrogen-bond donors (Lipinski definition) is 1. The van der Waals surface area contributed by atoms with Gasteiger partial charge in [-0.2, -0.15) is 17.0 Å². The van der Waals surface area contributed by atoms with Gasteiger partial charge in [-0.05, 0) is 38.5 Å². The molecule has 1 saturated carbocycles. The molecule has 0 aromatic rings. The Balaban J connectivity index is 1.73. The maximum absolute atomic E-state index is 12.9. The minimum absolute atomic E-state index is 0.0457. The molecule has 1 aliphatic carbocycles. The molecule has 3 aliphatic rings. The van der Waals surface area contributed by atoms with E-state index in [2.05, 4.69) is 0 Å². The lowest BCUT2D eigenvalue weighted by Crippen LogP contribution is -2.52. The zero-order chi connectivity index (χ0) is 15.2. The van der Waals surface area contributed by atoms with E-state index < -0.39 is 10.2 Å². The number of nitrogens with two attached hydrogens (primary N) is 1. The van der Waals surface area contributed by atoms with Crippen molar-refractivity contribution in [1.82, 2.24) is 8.61 Å². The smallest absolute Gasteiger partial charge is 0.282 e. The topological polar surface area (TPSA) is 75.9 Å². The summed E-state index contributed by atoms with van der Waals surface area (Å²) >= 11 is 0. The van der Waals surface area contributed by atoms with Gasteiger partial charge in [0.1, 0.15) is 0 Å². The van der Waals surface area contributed by atoms with Crippen molar-refractivity contribution in [2.24, 2.45) is 17.6 Å². The third-order valence-corrected chi connectivity index (χ3v) is 7.06. The number of nitrogens with zero attached hydrogens (tertiary/aromatic N) is 2. The fourth-order valence-electron chi connectivity index (χ4n) is 4.15. The molecule has 0 bridgehead atoms. The maximum Gasteiger partial charge on any atom is 0.282 e. The Morgan fingerprint density at radius 3 is 2.24 bits per heavy atom. The standard InChI is InChI=1S/C14H27N3O3S/c1-10-6-16(7-11(2)20-10)21(18,19)17-8-12-4-3-5-14(15)13(12)9-17/h10-14H,3-9,15H2,1-2H3. The summed E-state index contributed by atoms with van der Waals surface area (Å²) in [6, 6.07) is 0.159. The van der Waals surface area contributed by atoms with Crippen molar-refractivity contribution in [1.29, 1.82) is 0 Å². The van der Waals surface area contributed by atoms with Gasteiger partial charge in [-0.3, -0.25) is 0 Å². The Morgan fingerprint density at radius 2 is 1.62 bits per heavy atom. The van der Waals surface area contributed by atoms with E-state index in [0.29, 0.717) is 38.0 Å². The van der Waals surface area contributed by atoms with E-state index >= 15 is 0 Å². The first-order valence-electron chi connectivity index (χ1n) is 8.04. The molecule has 3 fully saturated rings. The lowest BCUT2D eigenvalue weighted by atomic mass is 9.78. The van der Waals surface area contributed by atoms with E-state index in [9.17, 15) is 8.42 Å². The number of rotatable bonds is 2. The van der Waals surface area contributed by atoms with E-state index in [0.717, 1.165) is 19.3 Å². The van der Waals surface area contributed by atoms with Crippen LogP contribution in [0.3, 0.4) is 0 Å². The van der Waals surface area contributed by atoms with Gasteiger partial charge in [0.05, 0.1) is 12.2 Å². The summed E-state index contributed by atoms with van der Waals surface area (Å²) in [6.45, 7) is 5.99. The predicted molar refractivity (Wildman–Crippen MR) is 80.9 cm³/mol. The average Bonchev–Trinajstić information content (AvgIpc) is 2.83. The molecular formula is C14H27N3O3S. The van der Waals surface area contributed by atoms with Gasteiger partial charge in [-0.15, -0.1) is 0 Å². The molecule has 122 valence electrons. The van der Waals surface area contributed by atoms with Gasteiger partial charge in [0, 0.05) is 32.2 Å². The average molecular weight is 317 g/mol. The minimum atomic E-state index is -3.38. The first-order valence-corrected chi connectivity index (χ1v) is 9.44. The van der Waals surface area contributed by atoms with Gasteiger partial charge in [-0.1, -0.05) is 6.42 Å². The Hall–Kier alpha value is -0.210. The SMILES string of the molecule is CC1CN(S(=O)(=O)N2CC3CCCC(N)C3C2)CC(C)O1. The maximum atomic E-state index is 12.9. The van der Waals surface area contributed by atoms with Crippen LogP contribution in [-0.2, 0) is 14.9 Å². The van der Waals surface area contributed by atoms with E-state index in [4.69, 9.17) is 10.5 Å². The van der Waals surface area contributed by atoms with Crippen molar-refractivity contribution < 1.29 is 13.2 Å². The van der Waals surface area contributed by atoms with Crippen LogP contribution >= 0.6 is 0 Å². The van der Waals surface area contributed by atoms with Crippen LogP contribution in [0.25, 0.3) is 0 Å². The zero-order valence-electron chi connectivity index (χ0n) is 12.9. The molecule has 0 amide bonds. The van der Waals surface area contributed by atoms with Gasteiger partial charge in [-0.25, -0.2) is 0 Å². The minimum Gasteiger partial charge on any atom is -0.373 e. The van der Waals surface area contributed by atoms with Gasteiger partial charge in [0.2, 0.25) is 0 Å². The molecule has 3 rings (SSSR count). The highest BCUT2D eigenvalue weighted by Gasteiger charge is 2.45. The summed E-state index contributed by atoms with van der Waals surface area (Å²) in [6.07, 6.45) is 3.18. The Bertz CT molecular complexity index is 474. The van der Waals surface area contributed by atoms with E-state index in [-0.39, 0.29) is 18.2 Å². The lowest BCUT2D eigenvalue weighted by Gasteiger charge is -2.36. The van der Waals surface area contributed by atoms with Crippen LogP contribution in [0, 0.1) is 11.8 Å². The van der Waals surface area contributed by atoms with Gasteiger partial charge >= 0.3 is 0 Å². The molecule has 6 nitrogen and oxygen atoms in total. The number of morpholine rings is 1. The highest BCUT2D eigenvalue weighted by Crippen LogP contribution is 2.37. The van der Waals surface area contributed by atoms with Crippen molar-refractivity contribution in [3.63, 3.8) is 0 Å². The van der Waals surface area contributed by atoms with Crippen LogP contribution in [0.15, 0.2) is 0 Å². The van der Waals surface area contributed by atoms with Crippen LogP contribution in [0.5, 0.6) is 0 Å². The second-order valence-corrected chi connectivity index (χ2v) is 8.85. The van der Waals surface area contributed by atoms with Gasteiger partial charge < -0.3 is 10.5 Å². The third kappa shape index (κ3) is 2.99. The second-order valence-electron chi connectivity index (χ2n) is 6.92. The Morgan fingerprint density at radius 1 is 1.00 bits per heavy atom. The largest absolute Gasteiger partial charge is 0.373 e. The summed E-state index contributed by atoms with van der Waals surface area (Å²) < 4.78 is 34.7. The van der Waals surface area contributed by atoms with E-state index in [1.54, 1.807) is 8.61 Å². The predicted octanol–water partition coefficient (Wildman–Crippen LogP) is 0.400. The molecule has 2 heterocycles. The van der Waals surface area contributed by atoms with E-state index in [1.807, 2.05) is 13.8 Å². The molecule has 2 N–H and O–H groups in total. The van der Waals surface area contributed by atoms with Gasteiger partial charge in [0.15, 0.2) is 0 Å². The van der Waals surface area contributed by atoms with Crippen molar-refractivity contribution in [3.8, 4) is 0 Å². The number of fused-ring (bicyclic) bond motifs is 1. The zero-order valence-corrected chi connectivity index (χ0v) is 13.8. The molecule has 5 unspecified atom stereocenters. The van der Waals surface area contributed by atoms with E-state index in [1.165, 1.54) is 0 Å². The summed E-state index contributed by atoms with van der Waals surface area (Å²) in [4.78, 5) is 0. The van der Waals surface area contributed by atoms with Crippen molar-refractivity contribution in [3.05, 3.63) is 0 Å². The fraction of sp³-hybridized carbons (Fsp3) is 1.00. The Kier molecular flexibility index (Phi) is 4.31. The fourth-order valence-corrected chi connectivity index (χ4v) is 6.01. The van der Waals surface area contributed by atoms with Crippen molar-refractivity contribution in [2.75, 3.05) is 26.2 Å². The first-order chi connectivity index (χ1) is 9.88. The molecule has 0 aromatic heterocycles. The highest BCUT2D eigenvalue weighted by atomic mass is 32.2. The normalized spacial score (nSPS) is 42.9. The highest BCUT2D eigenvalue weighted by molar-refractivity contribution is 7.86. The number of hydrogen-bond acceptors (Lipinski definition) is 4. The molecule has 21 heavy (non-hydrogen) atoms. The lowest BCUT2D eigenvalue weighted by molar-refractivity contribution is -0.0453. The summed E-state index contributed by atoms with van der Waals surface area (Å²) in [5, 5.41) is 0. The molecule has 0 aromatic carbocycles. The second kappa shape index (κ2) is 5.77. The van der Waals surface area contributed by atoms with Gasteiger partial charge in [0.25, 0.3) is 10.2 Å². The monoisotopic (exact) mass is 317 g/mol. The molecule has 0 radical (unpaired) electrons. The summed E-state index contributed by atoms with van der Waals surface area (Å²) in [7, 11) is -3.38. The third-order valence-electron chi connectivity index (χ3n) is 5.16. The van der Waals surface area contributed by atoms with Crippen LogP contribution in [0.4, 0.5) is 0 Å². The molecule has 2 saturated heterocycles. The van der Waals surface area contributed by atoms with Crippen molar-refractivity contribution >= 4 is 10.2 Å². The van der Waals surface area contributed by atoms with Crippen molar-refractivity contribution in [2.45, 2.75) is 51.4 Å². The molecule has 7 heteroatoms.